The van der Waals surface area contributed by atoms with Crippen LogP contribution in [0.2, 0.25) is 0 Å². The standard InChI is InChI=1S/C68H120O6/c1-4-7-10-13-16-19-21-23-25-26-27-28-29-30-31-32-33-34-35-36-37-38-39-40-41-42-43-45-46-49-52-55-58-61-67(70)73-64-65(63-72-66(69)60-57-54-51-48-18-15-12-9-6-3)74-68(71)62-59-56-53-50-47-44-24-22-20-17-14-11-8-5-2/h7,10,14,16-17,19,22-25,27-28,65H,4-6,8-9,11-13,15,18,20-21,26,29-64H2,1-3H3/b10-7-,17-14-,19-16-,24-22-,25-23-,28-27-. The molecule has 0 fully saturated rings. The minimum atomic E-state index is -0.777. The van der Waals surface area contributed by atoms with Crippen molar-refractivity contribution >= 4 is 17.9 Å². The fourth-order valence-corrected chi connectivity index (χ4v) is 9.16. The molecule has 0 amide bonds. The Kier molecular flexibility index (Phi) is 59.7. The summed E-state index contributed by atoms with van der Waals surface area (Å²) in [5.74, 6) is -0.879. The van der Waals surface area contributed by atoms with Crippen molar-refractivity contribution in [2.24, 2.45) is 0 Å². The minimum Gasteiger partial charge on any atom is -0.462 e. The predicted molar refractivity (Wildman–Crippen MR) is 321 cm³/mol. The summed E-state index contributed by atoms with van der Waals surface area (Å²) >= 11 is 0. The van der Waals surface area contributed by atoms with Gasteiger partial charge in [-0.15, -0.1) is 0 Å². The maximum atomic E-state index is 12.8. The van der Waals surface area contributed by atoms with Crippen LogP contribution in [0.4, 0.5) is 0 Å². The molecular weight excluding hydrogens is 913 g/mol. The zero-order valence-electron chi connectivity index (χ0n) is 49.1. The van der Waals surface area contributed by atoms with Crippen LogP contribution in [-0.4, -0.2) is 37.2 Å². The predicted octanol–water partition coefficient (Wildman–Crippen LogP) is 21.7. The van der Waals surface area contributed by atoms with E-state index in [1.165, 1.54) is 173 Å². The van der Waals surface area contributed by atoms with Gasteiger partial charge < -0.3 is 14.2 Å². The minimum absolute atomic E-state index is 0.0762. The first kappa shape index (κ1) is 70.8. The largest absolute Gasteiger partial charge is 0.462 e. The first-order chi connectivity index (χ1) is 36.5. The molecular formula is C68H120O6. The van der Waals surface area contributed by atoms with E-state index in [0.29, 0.717) is 19.3 Å². The van der Waals surface area contributed by atoms with Crippen molar-refractivity contribution in [1.29, 1.82) is 0 Å². The fourth-order valence-electron chi connectivity index (χ4n) is 9.16. The molecule has 6 nitrogen and oxygen atoms in total. The third-order valence-electron chi connectivity index (χ3n) is 13.9. The monoisotopic (exact) mass is 1030 g/mol. The second-order valence-electron chi connectivity index (χ2n) is 21.3. The smallest absolute Gasteiger partial charge is 0.306 e. The second kappa shape index (κ2) is 62.4. The van der Waals surface area contributed by atoms with Crippen LogP contribution in [0.3, 0.4) is 0 Å². The molecule has 0 spiro atoms. The van der Waals surface area contributed by atoms with E-state index in [9.17, 15) is 14.4 Å². The Morgan fingerprint density at radius 3 is 0.865 bits per heavy atom. The van der Waals surface area contributed by atoms with Gasteiger partial charge in [0.2, 0.25) is 0 Å². The molecule has 0 aliphatic rings. The molecule has 6 heteroatoms. The Bertz CT molecular complexity index is 1370. The first-order valence-electron chi connectivity index (χ1n) is 31.9. The van der Waals surface area contributed by atoms with Crippen molar-refractivity contribution in [2.75, 3.05) is 13.2 Å². The van der Waals surface area contributed by atoms with Crippen molar-refractivity contribution in [1.82, 2.24) is 0 Å². The van der Waals surface area contributed by atoms with Gasteiger partial charge in [0.1, 0.15) is 13.2 Å². The first-order valence-corrected chi connectivity index (χ1v) is 31.9. The Hall–Kier alpha value is -3.15. The van der Waals surface area contributed by atoms with Crippen LogP contribution in [-0.2, 0) is 28.6 Å². The lowest BCUT2D eigenvalue weighted by Gasteiger charge is -2.18. The van der Waals surface area contributed by atoms with Gasteiger partial charge in [0.25, 0.3) is 0 Å². The highest BCUT2D eigenvalue weighted by Crippen LogP contribution is 2.17. The Balaban J connectivity index is 4.03. The van der Waals surface area contributed by atoms with Crippen molar-refractivity contribution in [3.05, 3.63) is 72.9 Å². The van der Waals surface area contributed by atoms with Gasteiger partial charge in [-0.3, -0.25) is 14.4 Å². The zero-order valence-corrected chi connectivity index (χ0v) is 49.1. The third kappa shape index (κ3) is 59.7. The second-order valence-corrected chi connectivity index (χ2v) is 21.3. The van der Waals surface area contributed by atoms with Crippen molar-refractivity contribution in [2.45, 2.75) is 329 Å². The average Bonchev–Trinajstić information content (AvgIpc) is 3.40. The van der Waals surface area contributed by atoms with Crippen LogP contribution >= 0.6 is 0 Å². The molecule has 1 unspecified atom stereocenters. The number of hydrogen-bond donors (Lipinski definition) is 0. The molecule has 0 aliphatic heterocycles. The zero-order chi connectivity index (χ0) is 53.6. The number of hydrogen-bond acceptors (Lipinski definition) is 6. The lowest BCUT2D eigenvalue weighted by atomic mass is 10.0. The van der Waals surface area contributed by atoms with Gasteiger partial charge >= 0.3 is 17.9 Å². The normalized spacial score (nSPS) is 12.5. The molecule has 0 aromatic rings. The molecule has 0 aromatic heterocycles. The molecule has 0 saturated heterocycles. The van der Waals surface area contributed by atoms with Crippen molar-refractivity contribution < 1.29 is 28.6 Å². The van der Waals surface area contributed by atoms with Crippen LogP contribution in [0.1, 0.15) is 323 Å². The fraction of sp³-hybridized carbons (Fsp3) is 0.779. The molecule has 0 rings (SSSR count). The lowest BCUT2D eigenvalue weighted by molar-refractivity contribution is -0.167. The molecule has 0 heterocycles. The van der Waals surface area contributed by atoms with E-state index >= 15 is 0 Å². The number of ether oxygens (including phenoxy) is 3. The molecule has 0 aromatic carbocycles. The number of allylic oxidation sites excluding steroid dienone is 12. The molecule has 0 N–H and O–H groups in total. The van der Waals surface area contributed by atoms with E-state index in [1.54, 1.807) is 0 Å². The number of esters is 3. The van der Waals surface area contributed by atoms with Crippen molar-refractivity contribution in [3.63, 3.8) is 0 Å². The van der Waals surface area contributed by atoms with E-state index in [4.69, 9.17) is 14.2 Å². The SMILES string of the molecule is CC/C=C\C/C=C\C/C=C\C/C=C\CCCCCCCCCCCCCCCCCCCCCCC(=O)OCC(COC(=O)CCCCCCCCCCC)OC(=O)CCCCCCC/C=C\C/C=C\CCCC. The van der Waals surface area contributed by atoms with Gasteiger partial charge in [-0.05, 0) is 83.5 Å². The molecule has 0 radical (unpaired) electrons. The van der Waals surface area contributed by atoms with Crippen LogP contribution in [0.25, 0.3) is 0 Å². The maximum Gasteiger partial charge on any atom is 0.306 e. The summed E-state index contributed by atoms with van der Waals surface area (Å²) in [6.07, 6.45) is 80.8. The average molecular weight is 1030 g/mol. The molecule has 1 atom stereocenters. The van der Waals surface area contributed by atoms with E-state index in [2.05, 4.69) is 93.7 Å². The van der Waals surface area contributed by atoms with Crippen LogP contribution in [0.5, 0.6) is 0 Å². The Labute approximate surface area is 459 Å². The lowest BCUT2D eigenvalue weighted by Crippen LogP contribution is -2.30. The summed E-state index contributed by atoms with van der Waals surface area (Å²) in [4.78, 5) is 38.1. The highest BCUT2D eigenvalue weighted by Gasteiger charge is 2.19. The summed E-state index contributed by atoms with van der Waals surface area (Å²) in [5, 5.41) is 0. The summed E-state index contributed by atoms with van der Waals surface area (Å²) < 4.78 is 16.8. The van der Waals surface area contributed by atoms with E-state index in [1.807, 2.05) is 0 Å². The summed E-state index contributed by atoms with van der Waals surface area (Å²) in [7, 11) is 0. The molecule has 428 valence electrons. The molecule has 0 aliphatic carbocycles. The number of rotatable bonds is 58. The van der Waals surface area contributed by atoms with Crippen LogP contribution in [0, 0.1) is 0 Å². The van der Waals surface area contributed by atoms with E-state index in [0.717, 1.165) is 109 Å². The maximum absolute atomic E-state index is 12.8. The van der Waals surface area contributed by atoms with Gasteiger partial charge in [0.15, 0.2) is 6.10 Å². The molecule has 74 heavy (non-hydrogen) atoms. The van der Waals surface area contributed by atoms with Gasteiger partial charge in [0.05, 0.1) is 0 Å². The topological polar surface area (TPSA) is 78.9 Å². The quantitative estimate of drug-likeness (QED) is 0.0261. The number of carbonyl (C=O) groups excluding carboxylic acids is 3. The number of carbonyl (C=O) groups is 3. The summed E-state index contributed by atoms with van der Waals surface area (Å²) in [6.45, 7) is 6.48. The molecule has 0 saturated carbocycles. The van der Waals surface area contributed by atoms with Gasteiger partial charge in [0, 0.05) is 19.3 Å². The highest BCUT2D eigenvalue weighted by atomic mass is 16.6. The number of unbranched alkanes of at least 4 members (excludes halogenated alkanes) is 35. The Morgan fingerprint density at radius 1 is 0.284 bits per heavy atom. The van der Waals surface area contributed by atoms with Crippen LogP contribution in [0.15, 0.2) is 72.9 Å². The summed E-state index contributed by atoms with van der Waals surface area (Å²) in [6, 6.07) is 0. The van der Waals surface area contributed by atoms with Gasteiger partial charge in [-0.1, -0.05) is 293 Å². The van der Waals surface area contributed by atoms with E-state index < -0.39 is 6.10 Å². The van der Waals surface area contributed by atoms with Crippen LogP contribution < -0.4 is 0 Å². The third-order valence-corrected chi connectivity index (χ3v) is 13.9. The Morgan fingerprint density at radius 2 is 0.541 bits per heavy atom. The van der Waals surface area contributed by atoms with Gasteiger partial charge in [-0.2, -0.15) is 0 Å². The molecule has 0 bridgehead atoms. The van der Waals surface area contributed by atoms with Gasteiger partial charge in [-0.25, -0.2) is 0 Å². The van der Waals surface area contributed by atoms with E-state index in [-0.39, 0.29) is 31.1 Å². The van der Waals surface area contributed by atoms with Crippen molar-refractivity contribution in [3.8, 4) is 0 Å². The summed E-state index contributed by atoms with van der Waals surface area (Å²) in [5.41, 5.74) is 0. The highest BCUT2D eigenvalue weighted by molar-refractivity contribution is 5.71.